The number of hydrogen-bond acceptors (Lipinski definition) is 3. The van der Waals surface area contributed by atoms with E-state index in [0.717, 1.165) is 0 Å². The monoisotopic (exact) mass is 191 g/mol. The topological polar surface area (TPSA) is 78.9 Å². The van der Waals surface area contributed by atoms with Gasteiger partial charge in [-0.15, -0.1) is 12.4 Å². The van der Waals surface area contributed by atoms with E-state index < -0.39 is 11.9 Å². The number of carbonyl (C=O) groups excluding carboxylic acids is 1. The first-order chi connectivity index (χ1) is 4.87. The summed E-state index contributed by atoms with van der Waals surface area (Å²) in [6.07, 6.45) is 0. The third-order valence-corrected chi connectivity index (χ3v) is 0.920. The second kappa shape index (κ2) is 4.96. The number of nitrogens with zero attached hydrogens (tertiary/aromatic N) is 1. The SMILES string of the molecule is CC(C)(C)NC(=O)C(N)C#N.Cl. The molecule has 0 saturated carbocycles. The molecule has 1 unspecified atom stereocenters. The maximum absolute atomic E-state index is 10.9. The zero-order valence-electron chi connectivity index (χ0n) is 7.42. The molecule has 0 aromatic heterocycles. The Morgan fingerprint density at radius 3 is 2.25 bits per heavy atom. The number of nitrogens with one attached hydrogen (secondary N) is 1. The lowest BCUT2D eigenvalue weighted by Gasteiger charge is -2.20. The molecule has 0 radical (unpaired) electrons. The first-order valence-corrected chi connectivity index (χ1v) is 3.34. The molecule has 5 heteroatoms. The average Bonchev–Trinajstić information content (AvgIpc) is 1.82. The quantitative estimate of drug-likeness (QED) is 0.621. The van der Waals surface area contributed by atoms with E-state index in [9.17, 15) is 4.79 Å². The first-order valence-electron chi connectivity index (χ1n) is 3.34. The van der Waals surface area contributed by atoms with Gasteiger partial charge in [0.1, 0.15) is 0 Å². The summed E-state index contributed by atoms with van der Waals surface area (Å²) in [5, 5.41) is 10.8. The lowest BCUT2D eigenvalue weighted by Crippen LogP contribution is -2.48. The molecule has 0 aliphatic rings. The highest BCUT2D eigenvalue weighted by atomic mass is 35.5. The minimum atomic E-state index is -1.06. The molecule has 4 nitrogen and oxygen atoms in total. The summed E-state index contributed by atoms with van der Waals surface area (Å²) in [7, 11) is 0. The number of nitriles is 1. The predicted octanol–water partition coefficient (Wildman–Crippen LogP) is 0.174. The molecule has 1 amide bonds. The van der Waals surface area contributed by atoms with Crippen LogP contribution in [0.5, 0.6) is 0 Å². The van der Waals surface area contributed by atoms with Crippen LogP contribution in [-0.4, -0.2) is 17.5 Å². The fourth-order valence-corrected chi connectivity index (χ4v) is 0.506. The summed E-state index contributed by atoms with van der Waals surface area (Å²) in [4.78, 5) is 10.9. The van der Waals surface area contributed by atoms with Crippen molar-refractivity contribution in [2.24, 2.45) is 5.73 Å². The highest BCUT2D eigenvalue weighted by Gasteiger charge is 2.18. The molecular weight excluding hydrogens is 178 g/mol. The van der Waals surface area contributed by atoms with E-state index >= 15 is 0 Å². The molecule has 0 fully saturated rings. The Balaban J connectivity index is 0. The van der Waals surface area contributed by atoms with Crippen LogP contribution in [0.1, 0.15) is 20.8 Å². The van der Waals surface area contributed by atoms with Crippen molar-refractivity contribution in [2.75, 3.05) is 0 Å². The van der Waals surface area contributed by atoms with Crippen molar-refractivity contribution in [3.63, 3.8) is 0 Å². The van der Waals surface area contributed by atoms with Gasteiger partial charge >= 0.3 is 0 Å². The fraction of sp³-hybridized carbons (Fsp3) is 0.714. The van der Waals surface area contributed by atoms with E-state index in [1.807, 2.05) is 20.8 Å². The second-order valence-electron chi connectivity index (χ2n) is 3.35. The van der Waals surface area contributed by atoms with Crippen LogP contribution in [0.2, 0.25) is 0 Å². The van der Waals surface area contributed by atoms with Crippen LogP contribution in [0.25, 0.3) is 0 Å². The van der Waals surface area contributed by atoms with Crippen LogP contribution in [0.15, 0.2) is 0 Å². The first kappa shape index (κ1) is 13.8. The van der Waals surface area contributed by atoms with Crippen LogP contribution in [0.4, 0.5) is 0 Å². The molecule has 0 bridgehead atoms. The van der Waals surface area contributed by atoms with E-state index in [1.165, 1.54) is 0 Å². The van der Waals surface area contributed by atoms with Crippen LogP contribution in [-0.2, 0) is 4.79 Å². The van der Waals surface area contributed by atoms with Gasteiger partial charge in [-0.2, -0.15) is 5.26 Å². The molecule has 0 spiro atoms. The molecule has 70 valence electrons. The number of hydrogen-bond donors (Lipinski definition) is 2. The Bertz CT molecular complexity index is 192. The van der Waals surface area contributed by atoms with Crippen LogP contribution < -0.4 is 11.1 Å². The number of nitrogens with two attached hydrogens (primary N) is 1. The Kier molecular flexibility index (Phi) is 5.70. The standard InChI is InChI=1S/C7H13N3O.ClH/c1-7(2,3)10-6(11)5(9)4-8;/h5H,9H2,1-3H3,(H,10,11);1H. The van der Waals surface area contributed by atoms with Gasteiger partial charge in [0.25, 0.3) is 5.91 Å². The predicted molar refractivity (Wildman–Crippen MR) is 48.7 cm³/mol. The van der Waals surface area contributed by atoms with E-state index in [1.54, 1.807) is 6.07 Å². The van der Waals surface area contributed by atoms with Gasteiger partial charge in [0.05, 0.1) is 6.07 Å². The van der Waals surface area contributed by atoms with Crippen molar-refractivity contribution in [3.8, 4) is 6.07 Å². The fourth-order valence-electron chi connectivity index (χ4n) is 0.506. The zero-order chi connectivity index (χ0) is 9.07. The van der Waals surface area contributed by atoms with Crippen molar-refractivity contribution in [1.82, 2.24) is 5.32 Å². The third-order valence-electron chi connectivity index (χ3n) is 0.920. The minimum absolute atomic E-state index is 0. The molecule has 0 aliphatic heterocycles. The van der Waals surface area contributed by atoms with Gasteiger partial charge < -0.3 is 11.1 Å². The second-order valence-corrected chi connectivity index (χ2v) is 3.35. The van der Waals surface area contributed by atoms with Crippen LogP contribution in [0.3, 0.4) is 0 Å². The summed E-state index contributed by atoms with van der Waals surface area (Å²) < 4.78 is 0. The molecule has 0 aliphatic carbocycles. The Morgan fingerprint density at radius 1 is 1.58 bits per heavy atom. The summed E-state index contributed by atoms with van der Waals surface area (Å²) >= 11 is 0. The summed E-state index contributed by atoms with van der Waals surface area (Å²) in [6.45, 7) is 5.49. The Labute approximate surface area is 78.5 Å². The normalized spacial score (nSPS) is 12.2. The molecule has 0 aromatic carbocycles. The largest absolute Gasteiger partial charge is 0.349 e. The molecule has 3 N–H and O–H groups in total. The molecule has 0 saturated heterocycles. The molecule has 1 atom stereocenters. The van der Waals surface area contributed by atoms with E-state index in [0.29, 0.717) is 0 Å². The number of carbonyl (C=O) groups is 1. The van der Waals surface area contributed by atoms with Gasteiger partial charge in [-0.25, -0.2) is 0 Å². The van der Waals surface area contributed by atoms with E-state index in [2.05, 4.69) is 5.32 Å². The lowest BCUT2D eigenvalue weighted by molar-refractivity contribution is -0.122. The maximum Gasteiger partial charge on any atom is 0.252 e. The zero-order valence-corrected chi connectivity index (χ0v) is 8.23. The molecular formula is C7H14ClN3O. The van der Waals surface area contributed by atoms with Crippen molar-refractivity contribution in [3.05, 3.63) is 0 Å². The van der Waals surface area contributed by atoms with E-state index in [4.69, 9.17) is 11.0 Å². The summed E-state index contributed by atoms with van der Waals surface area (Å²) in [6, 6.07) is 0.592. The highest BCUT2D eigenvalue weighted by molar-refractivity contribution is 5.85. The van der Waals surface area contributed by atoms with E-state index in [-0.39, 0.29) is 17.9 Å². The average molecular weight is 192 g/mol. The van der Waals surface area contributed by atoms with Gasteiger partial charge in [0.15, 0.2) is 6.04 Å². The number of rotatable bonds is 1. The van der Waals surface area contributed by atoms with Gasteiger partial charge in [-0.1, -0.05) is 0 Å². The highest BCUT2D eigenvalue weighted by Crippen LogP contribution is 1.98. The number of amides is 1. The summed E-state index contributed by atoms with van der Waals surface area (Å²) in [5.74, 6) is -0.431. The van der Waals surface area contributed by atoms with Gasteiger partial charge in [0, 0.05) is 5.54 Å². The van der Waals surface area contributed by atoms with Gasteiger partial charge in [0.2, 0.25) is 0 Å². The third kappa shape index (κ3) is 5.96. The van der Waals surface area contributed by atoms with Gasteiger partial charge in [-0.3, -0.25) is 4.79 Å². The summed E-state index contributed by atoms with van der Waals surface area (Å²) in [5.41, 5.74) is 4.82. The Morgan fingerprint density at radius 2 is 2.00 bits per heavy atom. The van der Waals surface area contributed by atoms with Crippen molar-refractivity contribution < 1.29 is 4.79 Å². The van der Waals surface area contributed by atoms with Crippen molar-refractivity contribution in [1.29, 1.82) is 5.26 Å². The Hall–Kier alpha value is -0.790. The molecule has 0 aromatic rings. The molecule has 12 heavy (non-hydrogen) atoms. The van der Waals surface area contributed by atoms with Crippen LogP contribution in [0, 0.1) is 11.3 Å². The molecule has 0 rings (SSSR count). The minimum Gasteiger partial charge on any atom is -0.349 e. The maximum atomic E-state index is 10.9. The van der Waals surface area contributed by atoms with Crippen molar-refractivity contribution in [2.45, 2.75) is 32.4 Å². The number of halogens is 1. The smallest absolute Gasteiger partial charge is 0.252 e. The lowest BCUT2D eigenvalue weighted by atomic mass is 10.1. The van der Waals surface area contributed by atoms with Crippen molar-refractivity contribution >= 4 is 18.3 Å². The molecule has 0 heterocycles. The van der Waals surface area contributed by atoms with Crippen LogP contribution >= 0.6 is 12.4 Å². The van der Waals surface area contributed by atoms with Gasteiger partial charge in [-0.05, 0) is 20.8 Å².